The van der Waals surface area contributed by atoms with Crippen LogP contribution >= 0.6 is 0 Å². The normalized spacial score (nSPS) is 27.1. The summed E-state index contributed by atoms with van der Waals surface area (Å²) in [7, 11) is 4.17. The minimum absolute atomic E-state index is 0.129. The Morgan fingerprint density at radius 2 is 1.79 bits per heavy atom. The largest absolute Gasteiger partial charge is 0.341 e. The van der Waals surface area contributed by atoms with Crippen LogP contribution in [-0.2, 0) is 4.79 Å². The highest BCUT2D eigenvalue weighted by Gasteiger charge is 2.36. The number of amides is 1. The van der Waals surface area contributed by atoms with Gasteiger partial charge < -0.3 is 9.80 Å². The molecule has 0 bridgehead atoms. The van der Waals surface area contributed by atoms with Crippen LogP contribution in [0.5, 0.6) is 0 Å². The number of nitrogens with zero attached hydrogens (tertiary/aromatic N) is 3. The predicted octanol–water partition coefficient (Wildman–Crippen LogP) is 1.41. The van der Waals surface area contributed by atoms with Crippen LogP contribution in [0, 0.1) is 0 Å². The number of hydrogen-bond donors (Lipinski definition) is 0. The van der Waals surface area contributed by atoms with Gasteiger partial charge in [0, 0.05) is 19.1 Å². The summed E-state index contributed by atoms with van der Waals surface area (Å²) in [5.74, 6) is 0.348. The van der Waals surface area contributed by atoms with Crippen LogP contribution in [-0.4, -0.2) is 72.5 Å². The number of carbonyl (C=O) groups excluding carboxylic acids is 1. The second kappa shape index (κ2) is 6.23. The van der Waals surface area contributed by atoms with Crippen LogP contribution in [0.15, 0.2) is 0 Å². The Balaban J connectivity index is 1.95. The Bertz CT molecular complexity index is 311. The van der Waals surface area contributed by atoms with Gasteiger partial charge in [-0.15, -0.1) is 0 Å². The first-order valence-corrected chi connectivity index (χ1v) is 7.71. The number of hydrogen-bond acceptors (Lipinski definition) is 3. The minimum atomic E-state index is 0.129. The summed E-state index contributed by atoms with van der Waals surface area (Å²) in [6.45, 7) is 7.69. The molecule has 4 nitrogen and oxygen atoms in total. The van der Waals surface area contributed by atoms with E-state index in [-0.39, 0.29) is 6.04 Å². The van der Waals surface area contributed by atoms with Crippen LogP contribution in [0.2, 0.25) is 0 Å². The van der Waals surface area contributed by atoms with E-state index in [1.54, 1.807) is 0 Å². The van der Waals surface area contributed by atoms with Gasteiger partial charge in [0.15, 0.2) is 0 Å². The molecule has 2 aliphatic heterocycles. The maximum atomic E-state index is 12.7. The first-order valence-electron chi connectivity index (χ1n) is 7.71. The third kappa shape index (κ3) is 3.29. The summed E-state index contributed by atoms with van der Waals surface area (Å²) in [5.41, 5.74) is 0. The van der Waals surface area contributed by atoms with Crippen LogP contribution in [0.3, 0.4) is 0 Å². The number of likely N-dealkylation sites (N-methyl/N-ethyl adjacent to an activating group) is 1. The molecular formula is C15H29N3O. The molecule has 1 amide bonds. The highest BCUT2D eigenvalue weighted by Crippen LogP contribution is 2.24. The monoisotopic (exact) mass is 267 g/mol. The third-order valence-electron chi connectivity index (χ3n) is 4.83. The van der Waals surface area contributed by atoms with Gasteiger partial charge in [0.1, 0.15) is 0 Å². The molecule has 0 radical (unpaired) electrons. The van der Waals surface area contributed by atoms with Crippen LogP contribution in [0.1, 0.15) is 39.5 Å². The molecule has 2 saturated heterocycles. The summed E-state index contributed by atoms with van der Waals surface area (Å²) in [6.07, 6.45) is 4.43. The molecule has 2 heterocycles. The zero-order chi connectivity index (χ0) is 14.0. The second-order valence-electron chi connectivity index (χ2n) is 6.47. The average Bonchev–Trinajstić information content (AvgIpc) is 2.87. The molecule has 2 fully saturated rings. The number of carbonyl (C=O) groups is 1. The first kappa shape index (κ1) is 14.8. The number of piperidine rings is 1. The fraction of sp³-hybridized carbons (Fsp3) is 0.933. The zero-order valence-corrected chi connectivity index (χ0v) is 12.9. The second-order valence-corrected chi connectivity index (χ2v) is 6.47. The van der Waals surface area contributed by atoms with E-state index in [4.69, 9.17) is 0 Å². The van der Waals surface area contributed by atoms with Gasteiger partial charge in [-0.3, -0.25) is 9.69 Å². The van der Waals surface area contributed by atoms with Crippen LogP contribution < -0.4 is 0 Å². The lowest BCUT2D eigenvalue weighted by atomic mass is 10.0. The lowest BCUT2D eigenvalue weighted by molar-refractivity contribution is -0.138. The van der Waals surface area contributed by atoms with Crippen molar-refractivity contribution in [2.24, 2.45) is 0 Å². The Labute approximate surface area is 117 Å². The molecule has 2 aliphatic rings. The SMILES string of the molecule is CC(C)N1CCCC1C(=O)N(C)C1CCN(C)CC1. The highest BCUT2D eigenvalue weighted by atomic mass is 16.2. The Kier molecular flexibility index (Phi) is 4.85. The Morgan fingerprint density at radius 3 is 2.37 bits per heavy atom. The molecule has 19 heavy (non-hydrogen) atoms. The van der Waals surface area contributed by atoms with E-state index in [2.05, 4.69) is 30.7 Å². The lowest BCUT2D eigenvalue weighted by Crippen LogP contribution is -2.51. The molecule has 1 unspecified atom stereocenters. The van der Waals surface area contributed by atoms with Crippen molar-refractivity contribution in [2.75, 3.05) is 33.7 Å². The molecule has 110 valence electrons. The molecule has 4 heteroatoms. The molecule has 0 N–H and O–H groups in total. The predicted molar refractivity (Wildman–Crippen MR) is 78.2 cm³/mol. The van der Waals surface area contributed by atoms with Gasteiger partial charge in [0.25, 0.3) is 0 Å². The summed E-state index contributed by atoms with van der Waals surface area (Å²) in [4.78, 5) is 19.5. The summed E-state index contributed by atoms with van der Waals surface area (Å²) in [6, 6.07) is 1.05. The van der Waals surface area contributed by atoms with Gasteiger partial charge in [-0.2, -0.15) is 0 Å². The van der Waals surface area contributed by atoms with Crippen molar-refractivity contribution < 1.29 is 4.79 Å². The average molecular weight is 267 g/mol. The highest BCUT2D eigenvalue weighted by molar-refractivity contribution is 5.82. The maximum Gasteiger partial charge on any atom is 0.239 e. The van der Waals surface area contributed by atoms with Crippen molar-refractivity contribution in [3.05, 3.63) is 0 Å². The molecule has 2 rings (SSSR count). The van der Waals surface area contributed by atoms with Crippen LogP contribution in [0.25, 0.3) is 0 Å². The molecule has 0 aromatic heterocycles. The van der Waals surface area contributed by atoms with Crippen molar-refractivity contribution in [1.82, 2.24) is 14.7 Å². The van der Waals surface area contributed by atoms with E-state index >= 15 is 0 Å². The van der Waals surface area contributed by atoms with Crippen molar-refractivity contribution in [3.63, 3.8) is 0 Å². The zero-order valence-electron chi connectivity index (χ0n) is 12.9. The molecule has 0 aliphatic carbocycles. The van der Waals surface area contributed by atoms with Gasteiger partial charge in [0.05, 0.1) is 6.04 Å². The van der Waals surface area contributed by atoms with E-state index in [1.165, 1.54) is 0 Å². The summed E-state index contributed by atoms with van der Waals surface area (Å²) in [5, 5.41) is 0. The molecule has 0 aromatic carbocycles. The molecule has 0 spiro atoms. The first-order chi connectivity index (χ1) is 9.00. The van der Waals surface area contributed by atoms with Gasteiger partial charge >= 0.3 is 0 Å². The van der Waals surface area contributed by atoms with E-state index in [0.29, 0.717) is 18.0 Å². The van der Waals surface area contributed by atoms with E-state index in [0.717, 1.165) is 45.3 Å². The topological polar surface area (TPSA) is 26.8 Å². The smallest absolute Gasteiger partial charge is 0.239 e. The lowest BCUT2D eigenvalue weighted by Gasteiger charge is -2.38. The van der Waals surface area contributed by atoms with Gasteiger partial charge in [-0.25, -0.2) is 0 Å². The fourth-order valence-electron chi connectivity index (χ4n) is 3.47. The van der Waals surface area contributed by atoms with Gasteiger partial charge in [-0.05, 0) is 66.2 Å². The summed E-state index contributed by atoms with van der Waals surface area (Å²) >= 11 is 0. The van der Waals surface area contributed by atoms with Crippen molar-refractivity contribution in [1.29, 1.82) is 0 Å². The third-order valence-corrected chi connectivity index (χ3v) is 4.83. The maximum absolute atomic E-state index is 12.7. The summed E-state index contributed by atoms with van der Waals surface area (Å²) < 4.78 is 0. The van der Waals surface area contributed by atoms with Gasteiger partial charge in [0.2, 0.25) is 5.91 Å². The van der Waals surface area contributed by atoms with E-state index in [1.807, 2.05) is 11.9 Å². The van der Waals surface area contributed by atoms with Crippen molar-refractivity contribution in [3.8, 4) is 0 Å². The number of rotatable bonds is 3. The quantitative estimate of drug-likeness (QED) is 0.773. The Hall–Kier alpha value is -0.610. The molecule has 1 atom stereocenters. The van der Waals surface area contributed by atoms with Crippen LogP contribution in [0.4, 0.5) is 0 Å². The standard InChI is InChI=1S/C15H29N3O/c1-12(2)18-9-5-6-14(18)15(19)17(4)13-7-10-16(3)11-8-13/h12-14H,5-11H2,1-4H3. The molecule has 0 saturated carbocycles. The van der Waals surface area contributed by atoms with Crippen molar-refractivity contribution in [2.45, 2.75) is 57.7 Å². The van der Waals surface area contributed by atoms with Gasteiger partial charge in [-0.1, -0.05) is 0 Å². The number of likely N-dealkylation sites (tertiary alicyclic amines) is 2. The van der Waals surface area contributed by atoms with E-state index in [9.17, 15) is 4.79 Å². The molecule has 0 aromatic rings. The molecular weight excluding hydrogens is 238 g/mol. The fourth-order valence-corrected chi connectivity index (χ4v) is 3.47. The van der Waals surface area contributed by atoms with E-state index < -0.39 is 0 Å². The van der Waals surface area contributed by atoms with Crippen molar-refractivity contribution >= 4 is 5.91 Å². The minimum Gasteiger partial charge on any atom is -0.341 e. The Morgan fingerprint density at radius 1 is 1.16 bits per heavy atom.